The van der Waals surface area contributed by atoms with Gasteiger partial charge in [0, 0.05) is 18.3 Å². The predicted molar refractivity (Wildman–Crippen MR) is 117 cm³/mol. The number of rotatable bonds is 7. The first-order valence-corrected chi connectivity index (χ1v) is 8.42. The molecule has 3 N–H and O–H groups in total. The van der Waals surface area contributed by atoms with Crippen LogP contribution in [0.15, 0.2) is 78.0 Å². The Morgan fingerprint density at radius 3 is 2.31 bits per heavy atom. The Morgan fingerprint density at radius 2 is 1.62 bits per heavy atom. The standard InChI is InChI=1S/C20H23N5.HI/c21-20(22-12-11-17-7-3-1-4-8-17)23-13-19-14-24-25(16-19)15-18-9-5-2-6-10-18;/h1-10,14,16H,11-13,15H2,(H3,21,22,23);1H. The molecule has 2 aromatic carbocycles. The fourth-order valence-corrected chi connectivity index (χ4v) is 2.56. The van der Waals surface area contributed by atoms with Crippen molar-refractivity contribution in [3.63, 3.8) is 0 Å². The van der Waals surface area contributed by atoms with Gasteiger partial charge in [-0.2, -0.15) is 5.10 Å². The van der Waals surface area contributed by atoms with Gasteiger partial charge in [0.25, 0.3) is 0 Å². The van der Waals surface area contributed by atoms with E-state index < -0.39 is 0 Å². The maximum absolute atomic E-state index is 5.93. The lowest BCUT2D eigenvalue weighted by molar-refractivity contribution is 0.686. The third-order valence-electron chi connectivity index (χ3n) is 3.87. The fourth-order valence-electron chi connectivity index (χ4n) is 2.56. The first-order chi connectivity index (χ1) is 12.3. The Morgan fingerprint density at radius 1 is 0.962 bits per heavy atom. The number of nitrogens with one attached hydrogen (secondary N) is 1. The summed E-state index contributed by atoms with van der Waals surface area (Å²) in [6, 6.07) is 20.6. The lowest BCUT2D eigenvalue weighted by atomic mass is 10.1. The molecule has 1 aromatic heterocycles. The zero-order valence-electron chi connectivity index (χ0n) is 14.6. The van der Waals surface area contributed by atoms with Crippen molar-refractivity contribution in [3.8, 4) is 0 Å². The second kappa shape index (κ2) is 10.6. The van der Waals surface area contributed by atoms with E-state index in [-0.39, 0.29) is 24.0 Å². The van der Waals surface area contributed by atoms with Crippen LogP contribution in [-0.4, -0.2) is 22.3 Å². The summed E-state index contributed by atoms with van der Waals surface area (Å²) in [4.78, 5) is 4.38. The van der Waals surface area contributed by atoms with Crippen LogP contribution >= 0.6 is 24.0 Å². The highest BCUT2D eigenvalue weighted by molar-refractivity contribution is 14.0. The van der Waals surface area contributed by atoms with E-state index in [1.54, 1.807) is 0 Å². The minimum atomic E-state index is 0. The molecule has 3 aromatic rings. The molecule has 0 saturated heterocycles. The number of guanidine groups is 1. The zero-order chi connectivity index (χ0) is 17.3. The van der Waals surface area contributed by atoms with Gasteiger partial charge in [0.15, 0.2) is 5.96 Å². The van der Waals surface area contributed by atoms with Crippen LogP contribution < -0.4 is 11.1 Å². The summed E-state index contributed by atoms with van der Waals surface area (Å²) in [6.07, 6.45) is 4.77. The Bertz CT molecular complexity index is 799. The van der Waals surface area contributed by atoms with Gasteiger partial charge in [0.05, 0.1) is 19.3 Å². The highest BCUT2D eigenvalue weighted by Crippen LogP contribution is 2.05. The summed E-state index contributed by atoms with van der Waals surface area (Å²) in [5.74, 6) is 0.465. The third-order valence-corrected chi connectivity index (χ3v) is 3.87. The maximum atomic E-state index is 5.93. The van der Waals surface area contributed by atoms with Crippen molar-refractivity contribution in [2.24, 2.45) is 10.7 Å². The fraction of sp³-hybridized carbons (Fsp3) is 0.200. The minimum absolute atomic E-state index is 0. The van der Waals surface area contributed by atoms with Gasteiger partial charge in [0.2, 0.25) is 0 Å². The molecule has 0 amide bonds. The van der Waals surface area contributed by atoms with Gasteiger partial charge >= 0.3 is 0 Å². The molecule has 3 rings (SSSR count). The first kappa shape index (κ1) is 20.0. The monoisotopic (exact) mass is 461 g/mol. The summed E-state index contributed by atoms with van der Waals surface area (Å²) in [5.41, 5.74) is 9.48. The molecule has 6 heteroatoms. The van der Waals surface area contributed by atoms with E-state index in [9.17, 15) is 0 Å². The van der Waals surface area contributed by atoms with E-state index >= 15 is 0 Å². The van der Waals surface area contributed by atoms with Crippen LogP contribution in [0, 0.1) is 0 Å². The number of nitrogens with two attached hydrogens (primary N) is 1. The molecule has 0 spiro atoms. The lowest BCUT2D eigenvalue weighted by Gasteiger charge is -2.05. The smallest absolute Gasteiger partial charge is 0.188 e. The molecular weight excluding hydrogens is 437 g/mol. The summed E-state index contributed by atoms with van der Waals surface area (Å²) >= 11 is 0. The third kappa shape index (κ3) is 6.51. The van der Waals surface area contributed by atoms with E-state index in [2.05, 4.69) is 39.7 Å². The van der Waals surface area contributed by atoms with Crippen molar-refractivity contribution in [1.82, 2.24) is 15.1 Å². The molecule has 0 fully saturated rings. The Hall–Kier alpha value is -2.35. The summed E-state index contributed by atoms with van der Waals surface area (Å²) in [7, 11) is 0. The van der Waals surface area contributed by atoms with Crippen LogP contribution in [0.1, 0.15) is 16.7 Å². The Labute approximate surface area is 171 Å². The number of nitrogens with zero attached hydrogens (tertiary/aromatic N) is 3. The molecule has 136 valence electrons. The molecule has 26 heavy (non-hydrogen) atoms. The van der Waals surface area contributed by atoms with Gasteiger partial charge in [-0.15, -0.1) is 24.0 Å². The lowest BCUT2D eigenvalue weighted by Crippen LogP contribution is -2.33. The predicted octanol–water partition coefficient (Wildman–Crippen LogP) is 3.20. The minimum Gasteiger partial charge on any atom is -0.370 e. The first-order valence-electron chi connectivity index (χ1n) is 8.42. The number of halogens is 1. The molecule has 0 atom stereocenters. The molecule has 0 aliphatic rings. The van der Waals surface area contributed by atoms with Gasteiger partial charge in [0.1, 0.15) is 0 Å². The molecule has 0 bridgehead atoms. The number of benzene rings is 2. The van der Waals surface area contributed by atoms with E-state index in [1.165, 1.54) is 11.1 Å². The van der Waals surface area contributed by atoms with Gasteiger partial charge < -0.3 is 11.1 Å². The van der Waals surface area contributed by atoms with Crippen LogP contribution in [0.4, 0.5) is 0 Å². The Balaban J connectivity index is 0.00000243. The summed E-state index contributed by atoms with van der Waals surface area (Å²) < 4.78 is 1.92. The van der Waals surface area contributed by atoms with Crippen molar-refractivity contribution in [2.75, 3.05) is 6.54 Å². The van der Waals surface area contributed by atoms with Gasteiger partial charge in [-0.1, -0.05) is 60.7 Å². The number of aromatic nitrogens is 2. The average molecular weight is 461 g/mol. The van der Waals surface area contributed by atoms with Gasteiger partial charge in [-0.3, -0.25) is 4.68 Å². The molecule has 0 saturated carbocycles. The maximum Gasteiger partial charge on any atom is 0.188 e. The van der Waals surface area contributed by atoms with Crippen molar-refractivity contribution in [1.29, 1.82) is 0 Å². The van der Waals surface area contributed by atoms with Crippen LogP contribution in [0.25, 0.3) is 0 Å². The number of hydrogen-bond donors (Lipinski definition) is 2. The van der Waals surface area contributed by atoms with Gasteiger partial charge in [-0.05, 0) is 17.5 Å². The second-order valence-corrected chi connectivity index (χ2v) is 5.90. The molecule has 0 aliphatic carbocycles. The summed E-state index contributed by atoms with van der Waals surface area (Å²) in [6.45, 7) is 2.06. The summed E-state index contributed by atoms with van der Waals surface area (Å²) in [5, 5.41) is 7.53. The normalized spacial score (nSPS) is 11.0. The van der Waals surface area contributed by atoms with Crippen molar-refractivity contribution in [2.45, 2.75) is 19.5 Å². The largest absolute Gasteiger partial charge is 0.370 e. The van der Waals surface area contributed by atoms with E-state index in [4.69, 9.17) is 5.73 Å². The zero-order valence-corrected chi connectivity index (χ0v) is 16.9. The highest BCUT2D eigenvalue weighted by atomic mass is 127. The number of hydrogen-bond acceptors (Lipinski definition) is 2. The number of aliphatic imine (C=N–C) groups is 1. The quantitative estimate of drug-likeness (QED) is 0.323. The van der Waals surface area contributed by atoms with Crippen molar-refractivity contribution in [3.05, 3.63) is 89.7 Å². The average Bonchev–Trinajstić information content (AvgIpc) is 3.09. The van der Waals surface area contributed by atoms with Crippen molar-refractivity contribution < 1.29 is 0 Å². The van der Waals surface area contributed by atoms with E-state index in [1.807, 2.05) is 53.5 Å². The molecular formula is C20H24IN5. The van der Waals surface area contributed by atoms with Crippen LogP contribution in [0.5, 0.6) is 0 Å². The van der Waals surface area contributed by atoms with E-state index in [0.29, 0.717) is 12.5 Å². The van der Waals surface area contributed by atoms with Crippen LogP contribution in [0.2, 0.25) is 0 Å². The molecule has 0 unspecified atom stereocenters. The van der Waals surface area contributed by atoms with Crippen LogP contribution in [0.3, 0.4) is 0 Å². The molecule has 1 heterocycles. The topological polar surface area (TPSA) is 68.2 Å². The van der Waals surface area contributed by atoms with Gasteiger partial charge in [-0.25, -0.2) is 4.99 Å². The molecule has 5 nitrogen and oxygen atoms in total. The highest BCUT2D eigenvalue weighted by Gasteiger charge is 2.00. The Kier molecular flexibility index (Phi) is 8.14. The molecule has 0 aliphatic heterocycles. The van der Waals surface area contributed by atoms with Crippen LogP contribution in [-0.2, 0) is 19.5 Å². The second-order valence-electron chi connectivity index (χ2n) is 5.90. The molecule has 0 radical (unpaired) electrons. The van der Waals surface area contributed by atoms with E-state index in [0.717, 1.165) is 25.1 Å². The SMILES string of the molecule is I.NC(=NCc1cnn(Cc2ccccc2)c1)NCCc1ccccc1. The van der Waals surface area contributed by atoms with Crippen molar-refractivity contribution >= 4 is 29.9 Å².